The van der Waals surface area contributed by atoms with Gasteiger partial charge in [0, 0.05) is 6.26 Å². The molecule has 0 aliphatic rings. The number of carbonyl (C=O) groups excluding carboxylic acids is 1. The molecule has 0 unspecified atom stereocenters. The number of benzene rings is 3. The molecule has 0 aliphatic heterocycles. The maximum absolute atomic E-state index is 13.3. The molecule has 4 aromatic rings. The van der Waals surface area contributed by atoms with Crippen molar-refractivity contribution in [2.45, 2.75) is 24.1 Å². The van der Waals surface area contributed by atoms with Crippen LogP contribution in [0.25, 0.3) is 16.6 Å². The number of esters is 1. The predicted octanol–water partition coefficient (Wildman–Crippen LogP) is 4.48. The molecule has 0 atom stereocenters. The van der Waals surface area contributed by atoms with E-state index in [1.807, 2.05) is 30.3 Å². The molecule has 0 N–H and O–H groups in total. The van der Waals surface area contributed by atoms with E-state index in [0.717, 1.165) is 28.6 Å². The number of fused-ring (bicyclic) bond motifs is 1. The molecule has 0 amide bonds. The number of carbonyl (C=O) groups is 1. The zero-order valence-corrected chi connectivity index (χ0v) is 20.8. The van der Waals surface area contributed by atoms with Gasteiger partial charge >= 0.3 is 12.3 Å². The molecule has 0 radical (unpaired) electrons. The quantitative estimate of drug-likeness (QED) is 0.237. The first-order valence-corrected chi connectivity index (χ1v) is 13.2. The van der Waals surface area contributed by atoms with Crippen molar-refractivity contribution in [1.29, 1.82) is 0 Å². The lowest BCUT2D eigenvalue weighted by Gasteiger charge is -2.15. The third-order valence-corrected chi connectivity index (χ3v) is 6.61. The molecule has 1 heterocycles. The Kier molecular flexibility index (Phi) is 7.53. The molecule has 0 aliphatic carbocycles. The molecule has 0 fully saturated rings. The second kappa shape index (κ2) is 10.7. The number of sulfone groups is 1. The molecular formula is C26H21F3N2O6S. The zero-order valence-electron chi connectivity index (χ0n) is 19.9. The average Bonchev–Trinajstić information content (AvgIpc) is 2.86. The van der Waals surface area contributed by atoms with Crippen molar-refractivity contribution in [3.8, 4) is 11.4 Å². The highest BCUT2D eigenvalue weighted by Gasteiger charge is 2.31. The standard InChI is InChI=1S/C26H21F3N2O6S/c1-38(34,35)21-11-5-10-20-22(21)24(32)23(25(33)36-16-6-9-17-7-3-2-4-8-17)30-31(20)18-12-14-19(15-13-18)37-26(27,28)29/h2-5,7-8,10-15H,6,9,16H2,1H3. The SMILES string of the molecule is CS(=O)(=O)c1cccc2c1c(=O)c(C(=O)OCCCc1ccccc1)nn2-c1ccc(OC(F)(F)F)cc1. The summed E-state index contributed by atoms with van der Waals surface area (Å²) >= 11 is 0. The molecule has 38 heavy (non-hydrogen) atoms. The Morgan fingerprint density at radius 1 is 0.974 bits per heavy atom. The van der Waals surface area contributed by atoms with E-state index in [4.69, 9.17) is 4.74 Å². The summed E-state index contributed by atoms with van der Waals surface area (Å²) in [5, 5.41) is 3.81. The van der Waals surface area contributed by atoms with Gasteiger partial charge in [-0.05, 0) is 54.8 Å². The Morgan fingerprint density at radius 2 is 1.66 bits per heavy atom. The first-order valence-electron chi connectivity index (χ1n) is 11.3. The zero-order chi connectivity index (χ0) is 27.5. The lowest BCUT2D eigenvalue weighted by atomic mass is 10.1. The van der Waals surface area contributed by atoms with E-state index in [0.29, 0.717) is 12.8 Å². The molecule has 0 bridgehead atoms. The first kappa shape index (κ1) is 26.9. The summed E-state index contributed by atoms with van der Waals surface area (Å²) in [6, 6.07) is 18.0. The number of ether oxygens (including phenoxy) is 2. The number of halogens is 3. The van der Waals surface area contributed by atoms with Crippen LogP contribution in [0.15, 0.2) is 82.5 Å². The van der Waals surface area contributed by atoms with Gasteiger partial charge in [0.25, 0.3) is 0 Å². The number of rotatable bonds is 8. The van der Waals surface area contributed by atoms with Gasteiger partial charge in [-0.1, -0.05) is 36.4 Å². The van der Waals surface area contributed by atoms with E-state index in [-0.39, 0.29) is 28.1 Å². The van der Waals surface area contributed by atoms with Crippen LogP contribution < -0.4 is 10.2 Å². The third kappa shape index (κ3) is 6.20. The minimum Gasteiger partial charge on any atom is -0.461 e. The van der Waals surface area contributed by atoms with Crippen LogP contribution in [0, 0.1) is 0 Å². The van der Waals surface area contributed by atoms with Crippen LogP contribution in [0.5, 0.6) is 5.75 Å². The Morgan fingerprint density at radius 3 is 2.29 bits per heavy atom. The fourth-order valence-electron chi connectivity index (χ4n) is 3.82. The lowest BCUT2D eigenvalue weighted by molar-refractivity contribution is -0.274. The van der Waals surface area contributed by atoms with Crippen molar-refractivity contribution < 1.29 is 35.9 Å². The predicted molar refractivity (Wildman–Crippen MR) is 132 cm³/mol. The van der Waals surface area contributed by atoms with Gasteiger partial charge < -0.3 is 9.47 Å². The van der Waals surface area contributed by atoms with Crippen LogP contribution in [0.4, 0.5) is 13.2 Å². The number of hydrogen-bond acceptors (Lipinski definition) is 7. The smallest absolute Gasteiger partial charge is 0.461 e. The molecular weight excluding hydrogens is 525 g/mol. The van der Waals surface area contributed by atoms with Crippen LogP contribution in [-0.4, -0.2) is 43.4 Å². The van der Waals surface area contributed by atoms with Crippen LogP contribution >= 0.6 is 0 Å². The lowest BCUT2D eigenvalue weighted by Crippen LogP contribution is -2.25. The number of hydrogen-bond donors (Lipinski definition) is 0. The van der Waals surface area contributed by atoms with Gasteiger partial charge in [0.05, 0.1) is 28.1 Å². The second-order valence-electron chi connectivity index (χ2n) is 8.28. The van der Waals surface area contributed by atoms with Crippen molar-refractivity contribution in [3.63, 3.8) is 0 Å². The Balaban J connectivity index is 1.74. The average molecular weight is 547 g/mol. The van der Waals surface area contributed by atoms with Gasteiger partial charge in [-0.25, -0.2) is 17.9 Å². The van der Waals surface area contributed by atoms with Crippen LogP contribution in [0.1, 0.15) is 22.5 Å². The molecule has 12 heteroatoms. The van der Waals surface area contributed by atoms with Crippen molar-refractivity contribution in [3.05, 3.63) is 94.3 Å². The molecule has 198 valence electrons. The minimum atomic E-state index is -4.90. The third-order valence-electron chi connectivity index (χ3n) is 5.47. The Hall–Kier alpha value is -4.19. The monoisotopic (exact) mass is 546 g/mol. The molecule has 1 aromatic heterocycles. The number of nitrogens with zero attached hydrogens (tertiary/aromatic N) is 2. The summed E-state index contributed by atoms with van der Waals surface area (Å²) in [5.41, 5.74) is -0.395. The van der Waals surface area contributed by atoms with Crippen LogP contribution in [0.2, 0.25) is 0 Å². The highest BCUT2D eigenvalue weighted by atomic mass is 32.2. The van der Waals surface area contributed by atoms with E-state index >= 15 is 0 Å². The summed E-state index contributed by atoms with van der Waals surface area (Å²) in [6.45, 7) is -0.0237. The number of aryl methyl sites for hydroxylation is 1. The first-order chi connectivity index (χ1) is 17.9. The molecule has 8 nitrogen and oxygen atoms in total. The maximum atomic E-state index is 13.3. The van der Waals surface area contributed by atoms with Crippen molar-refractivity contribution in [2.75, 3.05) is 12.9 Å². The number of alkyl halides is 3. The van der Waals surface area contributed by atoms with E-state index in [9.17, 15) is 31.2 Å². The molecule has 3 aromatic carbocycles. The normalized spacial score (nSPS) is 11.9. The Labute approximate surface area is 215 Å². The van der Waals surface area contributed by atoms with E-state index in [1.54, 1.807) is 0 Å². The van der Waals surface area contributed by atoms with E-state index in [1.165, 1.54) is 30.3 Å². The molecule has 4 rings (SSSR count). The van der Waals surface area contributed by atoms with Gasteiger partial charge in [-0.2, -0.15) is 5.10 Å². The summed E-state index contributed by atoms with van der Waals surface area (Å²) in [7, 11) is -3.91. The maximum Gasteiger partial charge on any atom is 0.573 e. The fraction of sp³-hybridized carbons (Fsp3) is 0.192. The fourth-order valence-corrected chi connectivity index (χ4v) is 4.72. The summed E-state index contributed by atoms with van der Waals surface area (Å²) in [5.74, 6) is -1.56. The summed E-state index contributed by atoms with van der Waals surface area (Å²) in [4.78, 5) is 25.9. The topological polar surface area (TPSA) is 105 Å². The van der Waals surface area contributed by atoms with Crippen LogP contribution in [0.3, 0.4) is 0 Å². The van der Waals surface area contributed by atoms with Gasteiger partial charge in [0.1, 0.15) is 5.75 Å². The molecule has 0 saturated carbocycles. The van der Waals surface area contributed by atoms with Crippen LogP contribution in [-0.2, 0) is 21.0 Å². The summed E-state index contributed by atoms with van der Waals surface area (Å²) in [6.07, 6.45) is -2.90. The largest absolute Gasteiger partial charge is 0.573 e. The number of aromatic nitrogens is 2. The summed E-state index contributed by atoms with van der Waals surface area (Å²) < 4.78 is 72.8. The molecule has 0 spiro atoms. The highest BCUT2D eigenvalue weighted by molar-refractivity contribution is 7.91. The van der Waals surface area contributed by atoms with Crippen molar-refractivity contribution >= 4 is 26.7 Å². The van der Waals surface area contributed by atoms with E-state index in [2.05, 4.69) is 9.84 Å². The van der Waals surface area contributed by atoms with E-state index < -0.39 is 39.0 Å². The van der Waals surface area contributed by atoms with Gasteiger partial charge in [-0.3, -0.25) is 4.79 Å². The van der Waals surface area contributed by atoms with Gasteiger partial charge in [0.2, 0.25) is 11.1 Å². The van der Waals surface area contributed by atoms with Gasteiger partial charge in [-0.15, -0.1) is 13.2 Å². The van der Waals surface area contributed by atoms with Crippen molar-refractivity contribution in [2.24, 2.45) is 0 Å². The Bertz CT molecular complexity index is 1630. The van der Waals surface area contributed by atoms with Gasteiger partial charge in [0.15, 0.2) is 9.84 Å². The van der Waals surface area contributed by atoms with Crippen molar-refractivity contribution in [1.82, 2.24) is 9.78 Å². The highest BCUT2D eigenvalue weighted by Crippen LogP contribution is 2.26. The molecule has 0 saturated heterocycles. The second-order valence-corrected chi connectivity index (χ2v) is 10.3. The minimum absolute atomic E-state index is 0.0237.